The quantitative estimate of drug-likeness (QED) is 0.518. The number of nitrogens with one attached hydrogen (secondary N) is 1. The predicted molar refractivity (Wildman–Crippen MR) is 123 cm³/mol. The molecule has 0 atom stereocenters. The molecule has 3 aromatic rings. The number of sulfone groups is 1. The van der Waals surface area contributed by atoms with E-state index in [9.17, 15) is 13.2 Å². The van der Waals surface area contributed by atoms with E-state index in [0.717, 1.165) is 43.1 Å². The average molecular weight is 489 g/mol. The highest BCUT2D eigenvalue weighted by atomic mass is 35.5. The summed E-state index contributed by atoms with van der Waals surface area (Å²) in [6.45, 7) is 3.16. The van der Waals surface area contributed by atoms with Crippen molar-refractivity contribution in [2.75, 3.05) is 19.6 Å². The van der Waals surface area contributed by atoms with Crippen LogP contribution < -0.4 is 5.32 Å². The summed E-state index contributed by atoms with van der Waals surface area (Å²) >= 11 is 6.26. The number of aromatic nitrogens is 2. The van der Waals surface area contributed by atoms with Gasteiger partial charge in [0.15, 0.2) is 15.7 Å². The van der Waals surface area contributed by atoms with Gasteiger partial charge in [0.05, 0.1) is 4.90 Å². The molecule has 33 heavy (non-hydrogen) atoms. The third-order valence-corrected chi connectivity index (χ3v) is 7.69. The van der Waals surface area contributed by atoms with E-state index >= 15 is 0 Å². The second-order valence-corrected chi connectivity index (χ2v) is 10.5. The maximum atomic E-state index is 12.4. The fourth-order valence-corrected chi connectivity index (χ4v) is 5.21. The molecule has 1 N–H and O–H groups in total. The summed E-state index contributed by atoms with van der Waals surface area (Å²) in [4.78, 5) is 18.9. The molecule has 1 saturated heterocycles. The van der Waals surface area contributed by atoms with E-state index in [1.165, 1.54) is 12.1 Å². The van der Waals surface area contributed by atoms with Gasteiger partial charge in [0.2, 0.25) is 0 Å². The van der Waals surface area contributed by atoms with Crippen LogP contribution in [0.25, 0.3) is 0 Å². The van der Waals surface area contributed by atoms with Gasteiger partial charge < -0.3 is 9.84 Å². The van der Waals surface area contributed by atoms with Crippen molar-refractivity contribution in [3.05, 3.63) is 76.9 Å². The number of amides is 1. The largest absolute Gasteiger partial charge is 0.348 e. The summed E-state index contributed by atoms with van der Waals surface area (Å²) < 4.78 is 29.9. The number of piperidine rings is 1. The second-order valence-electron chi connectivity index (χ2n) is 8.11. The molecule has 0 radical (unpaired) electrons. The van der Waals surface area contributed by atoms with Gasteiger partial charge in [-0.3, -0.25) is 9.69 Å². The second kappa shape index (κ2) is 10.5. The summed E-state index contributed by atoms with van der Waals surface area (Å²) in [6.07, 6.45) is 1.91. The van der Waals surface area contributed by atoms with Gasteiger partial charge in [0.1, 0.15) is 5.75 Å². The lowest BCUT2D eigenvalue weighted by molar-refractivity contribution is 0.0891. The molecule has 10 heteroatoms. The Kier molecular flexibility index (Phi) is 7.42. The van der Waals surface area contributed by atoms with Crippen LogP contribution in [-0.2, 0) is 22.1 Å². The van der Waals surface area contributed by atoms with E-state index in [4.69, 9.17) is 16.1 Å². The van der Waals surface area contributed by atoms with Crippen molar-refractivity contribution in [3.8, 4) is 0 Å². The highest BCUT2D eigenvalue weighted by Crippen LogP contribution is 2.22. The molecular formula is C23H25ClN4O4S. The lowest BCUT2D eigenvalue weighted by atomic mass is 9.96. The first-order valence-corrected chi connectivity index (χ1v) is 12.8. The minimum Gasteiger partial charge on any atom is -0.348 e. The fraction of sp³-hybridized carbons (Fsp3) is 0.348. The van der Waals surface area contributed by atoms with E-state index in [1.807, 2.05) is 24.3 Å². The van der Waals surface area contributed by atoms with E-state index in [1.54, 1.807) is 18.2 Å². The number of rotatable bonds is 8. The number of carbonyl (C=O) groups excluding carboxylic acids is 1. The smallest absolute Gasteiger partial charge is 0.315 e. The highest BCUT2D eigenvalue weighted by molar-refractivity contribution is 7.90. The first-order chi connectivity index (χ1) is 15.9. The van der Waals surface area contributed by atoms with Gasteiger partial charge in [-0.1, -0.05) is 53.2 Å². The van der Waals surface area contributed by atoms with Crippen LogP contribution >= 0.6 is 11.6 Å². The average Bonchev–Trinajstić information content (AvgIpc) is 3.28. The van der Waals surface area contributed by atoms with Crippen LogP contribution in [0, 0.1) is 5.92 Å². The number of benzene rings is 2. The molecule has 0 spiro atoms. The number of hydrogen-bond acceptors (Lipinski definition) is 7. The van der Waals surface area contributed by atoms with Crippen molar-refractivity contribution in [2.24, 2.45) is 5.92 Å². The van der Waals surface area contributed by atoms with Crippen LogP contribution in [0.4, 0.5) is 0 Å². The van der Waals surface area contributed by atoms with Crippen LogP contribution in [-0.4, -0.2) is 49.0 Å². The molecule has 0 aliphatic carbocycles. The van der Waals surface area contributed by atoms with Crippen molar-refractivity contribution in [3.63, 3.8) is 0 Å². The molecule has 0 unspecified atom stereocenters. The first kappa shape index (κ1) is 23.4. The Balaban J connectivity index is 1.24. The Bertz CT molecular complexity index is 1190. The van der Waals surface area contributed by atoms with Crippen molar-refractivity contribution in [1.29, 1.82) is 0 Å². The Morgan fingerprint density at radius 3 is 2.52 bits per heavy atom. The monoisotopic (exact) mass is 488 g/mol. The molecule has 4 rings (SSSR count). The molecule has 1 aromatic heterocycles. The number of hydrogen-bond donors (Lipinski definition) is 1. The number of nitrogens with zero attached hydrogens (tertiary/aromatic N) is 3. The van der Waals surface area contributed by atoms with Crippen LogP contribution in [0.1, 0.15) is 34.9 Å². The van der Waals surface area contributed by atoms with Crippen molar-refractivity contribution in [2.45, 2.75) is 30.0 Å². The molecule has 8 nitrogen and oxygen atoms in total. The zero-order valence-electron chi connectivity index (χ0n) is 18.0. The van der Waals surface area contributed by atoms with Crippen LogP contribution in [0.3, 0.4) is 0 Å². The van der Waals surface area contributed by atoms with Crippen LogP contribution in [0.2, 0.25) is 5.02 Å². The van der Waals surface area contributed by atoms with Gasteiger partial charge in [0, 0.05) is 18.1 Å². The van der Waals surface area contributed by atoms with Gasteiger partial charge in [-0.05, 0) is 55.6 Å². The lowest BCUT2D eigenvalue weighted by Gasteiger charge is -2.32. The van der Waals surface area contributed by atoms with E-state index in [-0.39, 0.29) is 16.6 Å². The first-order valence-electron chi connectivity index (χ1n) is 10.7. The third kappa shape index (κ3) is 6.19. The Morgan fingerprint density at radius 1 is 1.09 bits per heavy atom. The molecular weight excluding hydrogens is 464 g/mol. The Morgan fingerprint density at radius 2 is 1.79 bits per heavy atom. The molecule has 1 amide bonds. The van der Waals surface area contributed by atoms with Crippen molar-refractivity contribution >= 4 is 27.3 Å². The minimum absolute atomic E-state index is 0.0446. The molecule has 0 saturated carbocycles. The molecule has 1 fully saturated rings. The Labute approximate surface area is 197 Å². The zero-order valence-corrected chi connectivity index (χ0v) is 19.6. The maximum absolute atomic E-state index is 12.4. The number of likely N-dealkylation sites (tertiary alicyclic amines) is 1. The van der Waals surface area contributed by atoms with Gasteiger partial charge in [-0.15, -0.1) is 0 Å². The van der Waals surface area contributed by atoms with Crippen molar-refractivity contribution < 1.29 is 17.7 Å². The van der Waals surface area contributed by atoms with Gasteiger partial charge in [-0.2, -0.15) is 4.98 Å². The summed E-state index contributed by atoms with van der Waals surface area (Å²) in [5, 5.41) is 7.26. The minimum atomic E-state index is -3.62. The molecule has 2 aromatic carbocycles. The maximum Gasteiger partial charge on any atom is 0.315 e. The highest BCUT2D eigenvalue weighted by Gasteiger charge is 2.24. The molecule has 1 aliphatic heterocycles. The molecule has 0 bridgehead atoms. The molecule has 1 aliphatic rings. The van der Waals surface area contributed by atoms with Gasteiger partial charge >= 0.3 is 11.8 Å². The van der Waals surface area contributed by atoms with E-state index in [2.05, 4.69) is 20.4 Å². The van der Waals surface area contributed by atoms with Gasteiger partial charge in [0.25, 0.3) is 0 Å². The van der Waals surface area contributed by atoms with Crippen LogP contribution in [0.5, 0.6) is 0 Å². The summed E-state index contributed by atoms with van der Waals surface area (Å²) in [5.41, 5.74) is 1.12. The van der Waals surface area contributed by atoms with E-state index in [0.29, 0.717) is 12.5 Å². The standard InChI is InChI=1S/C23H25ClN4O4S/c24-20-9-5-4-6-18(20)15-28-12-10-17(11-13-28)14-25-22(29)23-26-21(27-32-23)16-33(30,31)19-7-2-1-3-8-19/h1-9,17H,10-16H2,(H,25,29). The van der Waals surface area contributed by atoms with Crippen molar-refractivity contribution in [1.82, 2.24) is 20.4 Å². The SMILES string of the molecule is O=C(NCC1CCN(Cc2ccccc2Cl)CC1)c1nc(CS(=O)(=O)c2ccccc2)no1. The fourth-order valence-electron chi connectivity index (χ4n) is 3.81. The number of halogens is 1. The third-order valence-electron chi connectivity index (χ3n) is 5.69. The summed E-state index contributed by atoms with van der Waals surface area (Å²) in [5.74, 6) is -0.861. The summed E-state index contributed by atoms with van der Waals surface area (Å²) in [7, 11) is -3.62. The topological polar surface area (TPSA) is 105 Å². The normalized spacial score (nSPS) is 15.4. The van der Waals surface area contributed by atoms with Crippen LogP contribution in [0.15, 0.2) is 64.0 Å². The lowest BCUT2D eigenvalue weighted by Crippen LogP contribution is -2.38. The summed E-state index contributed by atoms with van der Waals surface area (Å²) in [6, 6.07) is 15.9. The molecule has 2 heterocycles. The molecule has 174 valence electrons. The number of carbonyl (C=O) groups is 1. The zero-order chi connectivity index (χ0) is 23.3. The van der Waals surface area contributed by atoms with E-state index < -0.39 is 21.5 Å². The Hall–Kier alpha value is -2.75. The predicted octanol–water partition coefficient (Wildman–Crippen LogP) is 3.34. The van der Waals surface area contributed by atoms with Gasteiger partial charge in [-0.25, -0.2) is 8.42 Å².